The van der Waals surface area contributed by atoms with Crippen molar-refractivity contribution in [1.82, 2.24) is 4.72 Å². The first kappa shape index (κ1) is 16.4. The molecule has 1 fully saturated rings. The van der Waals surface area contributed by atoms with Crippen LogP contribution in [0.15, 0.2) is 0 Å². The standard InChI is InChI=1S/C12H24BrNO3S/c1-12(2,3)7-10(13)8-14-18(15,16)9-11-5-4-6-17-11/h10-11,14H,4-9H2,1-3H3. The largest absolute Gasteiger partial charge is 0.377 e. The van der Waals surface area contributed by atoms with Crippen LogP contribution < -0.4 is 4.72 Å². The third-order valence-corrected chi connectivity index (χ3v) is 4.85. The molecule has 1 aliphatic heterocycles. The van der Waals surface area contributed by atoms with Crippen molar-refractivity contribution in [2.75, 3.05) is 18.9 Å². The van der Waals surface area contributed by atoms with Gasteiger partial charge in [0.2, 0.25) is 10.0 Å². The highest BCUT2D eigenvalue weighted by Crippen LogP contribution is 2.24. The molecule has 0 amide bonds. The van der Waals surface area contributed by atoms with E-state index in [1.54, 1.807) is 0 Å². The van der Waals surface area contributed by atoms with Gasteiger partial charge in [-0.25, -0.2) is 13.1 Å². The van der Waals surface area contributed by atoms with Gasteiger partial charge in [0.1, 0.15) is 0 Å². The van der Waals surface area contributed by atoms with Crippen molar-refractivity contribution in [3.63, 3.8) is 0 Å². The van der Waals surface area contributed by atoms with Crippen LogP contribution in [0.25, 0.3) is 0 Å². The molecule has 1 aliphatic rings. The Bertz CT molecular complexity index is 345. The third-order valence-electron chi connectivity index (χ3n) is 2.79. The van der Waals surface area contributed by atoms with E-state index in [4.69, 9.17) is 4.74 Å². The Labute approximate surface area is 119 Å². The summed E-state index contributed by atoms with van der Waals surface area (Å²) < 4.78 is 31.7. The summed E-state index contributed by atoms with van der Waals surface area (Å²) in [6.07, 6.45) is 2.61. The van der Waals surface area contributed by atoms with Crippen molar-refractivity contribution in [3.8, 4) is 0 Å². The summed E-state index contributed by atoms with van der Waals surface area (Å²) in [4.78, 5) is 0.164. The van der Waals surface area contributed by atoms with E-state index >= 15 is 0 Å². The second-order valence-electron chi connectivity index (χ2n) is 6.13. The monoisotopic (exact) mass is 341 g/mol. The zero-order valence-corrected chi connectivity index (χ0v) is 13.8. The van der Waals surface area contributed by atoms with Crippen LogP contribution in [0.2, 0.25) is 0 Å². The third kappa shape index (κ3) is 7.07. The van der Waals surface area contributed by atoms with Crippen LogP contribution in [0.1, 0.15) is 40.0 Å². The SMILES string of the molecule is CC(C)(C)CC(Br)CNS(=O)(=O)CC1CCCO1. The molecule has 0 saturated carbocycles. The first-order chi connectivity index (χ1) is 8.18. The van der Waals surface area contributed by atoms with Crippen molar-refractivity contribution >= 4 is 26.0 Å². The summed E-state index contributed by atoms with van der Waals surface area (Å²) in [6.45, 7) is 7.55. The molecule has 0 aliphatic carbocycles. The van der Waals surface area contributed by atoms with E-state index in [0.717, 1.165) is 19.3 Å². The highest BCUT2D eigenvalue weighted by molar-refractivity contribution is 9.09. The molecule has 0 aromatic carbocycles. The van der Waals surface area contributed by atoms with E-state index in [2.05, 4.69) is 41.4 Å². The second kappa shape index (κ2) is 6.68. The molecule has 4 nitrogen and oxygen atoms in total. The second-order valence-corrected chi connectivity index (χ2v) is 9.27. The molecule has 0 aromatic rings. The number of hydrogen-bond donors (Lipinski definition) is 1. The molecule has 0 spiro atoms. The van der Waals surface area contributed by atoms with Gasteiger partial charge in [0.05, 0.1) is 11.9 Å². The van der Waals surface area contributed by atoms with Gasteiger partial charge in [0.25, 0.3) is 0 Å². The quantitative estimate of drug-likeness (QED) is 0.754. The van der Waals surface area contributed by atoms with Crippen LogP contribution in [0.5, 0.6) is 0 Å². The number of hydrogen-bond acceptors (Lipinski definition) is 3. The van der Waals surface area contributed by atoms with Gasteiger partial charge < -0.3 is 4.74 Å². The molecule has 1 rings (SSSR count). The smallest absolute Gasteiger partial charge is 0.214 e. The molecular weight excluding hydrogens is 318 g/mol. The molecule has 1 saturated heterocycles. The zero-order chi connectivity index (χ0) is 13.8. The number of nitrogens with one attached hydrogen (secondary N) is 1. The minimum Gasteiger partial charge on any atom is -0.377 e. The summed E-state index contributed by atoms with van der Waals surface area (Å²) in [5.74, 6) is 0.0856. The van der Waals surface area contributed by atoms with Crippen LogP contribution in [-0.2, 0) is 14.8 Å². The fraction of sp³-hybridized carbons (Fsp3) is 1.00. The molecule has 18 heavy (non-hydrogen) atoms. The number of ether oxygens (including phenoxy) is 1. The van der Waals surface area contributed by atoms with E-state index in [1.807, 2.05) is 0 Å². The molecule has 6 heteroatoms. The minimum absolute atomic E-state index is 0.0856. The maximum atomic E-state index is 11.8. The Kier molecular flexibility index (Phi) is 6.09. The van der Waals surface area contributed by atoms with Crippen molar-refractivity contribution in [1.29, 1.82) is 0 Å². The fourth-order valence-corrected chi connectivity index (χ4v) is 4.71. The van der Waals surface area contributed by atoms with Crippen LogP contribution in [-0.4, -0.2) is 38.3 Å². The molecule has 2 unspecified atom stereocenters. The van der Waals surface area contributed by atoms with E-state index in [1.165, 1.54) is 0 Å². The van der Waals surface area contributed by atoms with Gasteiger partial charge in [-0.05, 0) is 24.7 Å². The first-order valence-electron chi connectivity index (χ1n) is 6.41. The average molecular weight is 342 g/mol. The summed E-state index contributed by atoms with van der Waals surface area (Å²) in [7, 11) is -3.22. The summed E-state index contributed by atoms with van der Waals surface area (Å²) >= 11 is 3.52. The minimum atomic E-state index is -3.22. The highest BCUT2D eigenvalue weighted by Gasteiger charge is 2.24. The number of sulfonamides is 1. The lowest BCUT2D eigenvalue weighted by Gasteiger charge is -2.22. The van der Waals surface area contributed by atoms with Crippen molar-refractivity contribution in [2.24, 2.45) is 5.41 Å². The Hall–Kier alpha value is 0.350. The van der Waals surface area contributed by atoms with Crippen molar-refractivity contribution < 1.29 is 13.2 Å². The van der Waals surface area contributed by atoms with Crippen LogP contribution in [0, 0.1) is 5.41 Å². The van der Waals surface area contributed by atoms with Crippen LogP contribution in [0.3, 0.4) is 0 Å². The number of alkyl halides is 1. The van der Waals surface area contributed by atoms with Crippen molar-refractivity contribution in [2.45, 2.75) is 51.0 Å². The van der Waals surface area contributed by atoms with Gasteiger partial charge in [-0.2, -0.15) is 0 Å². The average Bonchev–Trinajstić information content (AvgIpc) is 2.64. The first-order valence-corrected chi connectivity index (χ1v) is 8.98. The molecule has 0 aromatic heterocycles. The Balaban J connectivity index is 2.32. The maximum Gasteiger partial charge on any atom is 0.214 e. The maximum absolute atomic E-state index is 11.8. The van der Waals surface area contributed by atoms with E-state index in [9.17, 15) is 8.42 Å². The number of rotatable bonds is 6. The Morgan fingerprint density at radius 3 is 2.61 bits per heavy atom. The summed E-state index contributed by atoms with van der Waals surface area (Å²) in [5.41, 5.74) is 0.189. The molecule has 0 radical (unpaired) electrons. The van der Waals surface area contributed by atoms with E-state index in [-0.39, 0.29) is 22.1 Å². The Morgan fingerprint density at radius 2 is 2.11 bits per heavy atom. The molecule has 108 valence electrons. The van der Waals surface area contributed by atoms with Crippen LogP contribution >= 0.6 is 15.9 Å². The van der Waals surface area contributed by atoms with Gasteiger partial charge in [-0.1, -0.05) is 36.7 Å². The van der Waals surface area contributed by atoms with E-state index in [0.29, 0.717) is 13.2 Å². The molecule has 1 N–H and O–H groups in total. The lowest BCUT2D eigenvalue weighted by molar-refractivity contribution is 0.127. The van der Waals surface area contributed by atoms with Gasteiger partial charge in [0.15, 0.2) is 0 Å². The van der Waals surface area contributed by atoms with Gasteiger partial charge in [0, 0.05) is 18.0 Å². The summed E-state index contributed by atoms with van der Waals surface area (Å²) in [6, 6.07) is 0. The molecular formula is C12H24BrNO3S. The lowest BCUT2D eigenvalue weighted by Crippen LogP contribution is -2.36. The summed E-state index contributed by atoms with van der Waals surface area (Å²) in [5, 5.41) is 0. The van der Waals surface area contributed by atoms with Gasteiger partial charge in [-0.15, -0.1) is 0 Å². The van der Waals surface area contributed by atoms with Gasteiger partial charge in [-0.3, -0.25) is 0 Å². The Morgan fingerprint density at radius 1 is 1.44 bits per heavy atom. The molecule has 2 atom stereocenters. The van der Waals surface area contributed by atoms with E-state index < -0.39 is 10.0 Å². The van der Waals surface area contributed by atoms with Gasteiger partial charge >= 0.3 is 0 Å². The normalized spacial score (nSPS) is 23.2. The molecule has 0 bridgehead atoms. The number of halogens is 1. The fourth-order valence-electron chi connectivity index (χ4n) is 2.03. The van der Waals surface area contributed by atoms with Crippen LogP contribution in [0.4, 0.5) is 0 Å². The predicted molar refractivity (Wildman–Crippen MR) is 77.6 cm³/mol. The zero-order valence-electron chi connectivity index (χ0n) is 11.4. The highest BCUT2D eigenvalue weighted by atomic mass is 79.9. The predicted octanol–water partition coefficient (Wildman–Crippen LogP) is 2.28. The topological polar surface area (TPSA) is 55.4 Å². The lowest BCUT2D eigenvalue weighted by atomic mass is 9.91. The molecule has 1 heterocycles. The van der Waals surface area contributed by atoms with Crippen molar-refractivity contribution in [3.05, 3.63) is 0 Å².